The van der Waals surface area contributed by atoms with E-state index in [9.17, 15) is 0 Å². The maximum atomic E-state index is 5.79. The van der Waals surface area contributed by atoms with Crippen molar-refractivity contribution in [3.05, 3.63) is 60.3 Å². The summed E-state index contributed by atoms with van der Waals surface area (Å²) < 4.78 is 11.0. The van der Waals surface area contributed by atoms with Crippen molar-refractivity contribution < 1.29 is 9.47 Å². The van der Waals surface area contributed by atoms with E-state index in [4.69, 9.17) is 9.47 Å². The molecule has 1 aromatic heterocycles. The SMILES string of the molecule is COc1ccccc1OCc1cc2ccccc2[nH]1. The summed E-state index contributed by atoms with van der Waals surface area (Å²) in [4.78, 5) is 3.34. The van der Waals surface area contributed by atoms with Gasteiger partial charge >= 0.3 is 0 Å². The predicted molar refractivity (Wildman–Crippen MR) is 75.6 cm³/mol. The summed E-state index contributed by atoms with van der Waals surface area (Å²) in [6.45, 7) is 0.495. The van der Waals surface area contributed by atoms with E-state index >= 15 is 0 Å². The number of hydrogen-bond acceptors (Lipinski definition) is 2. The fourth-order valence-corrected chi connectivity index (χ4v) is 2.10. The van der Waals surface area contributed by atoms with Crippen molar-refractivity contribution in [3.8, 4) is 11.5 Å². The van der Waals surface area contributed by atoms with Gasteiger partial charge in [0.05, 0.1) is 12.8 Å². The molecule has 0 unspecified atom stereocenters. The number of benzene rings is 2. The van der Waals surface area contributed by atoms with E-state index in [-0.39, 0.29) is 0 Å². The third-order valence-electron chi connectivity index (χ3n) is 3.04. The molecule has 3 rings (SSSR count). The van der Waals surface area contributed by atoms with Crippen LogP contribution in [-0.2, 0) is 6.61 Å². The van der Waals surface area contributed by atoms with Gasteiger partial charge in [-0.05, 0) is 29.7 Å². The number of aromatic nitrogens is 1. The topological polar surface area (TPSA) is 34.2 Å². The van der Waals surface area contributed by atoms with Crippen LogP contribution >= 0.6 is 0 Å². The van der Waals surface area contributed by atoms with Crippen molar-refractivity contribution in [3.63, 3.8) is 0 Å². The van der Waals surface area contributed by atoms with Gasteiger partial charge in [-0.15, -0.1) is 0 Å². The zero-order valence-electron chi connectivity index (χ0n) is 10.7. The summed E-state index contributed by atoms with van der Waals surface area (Å²) in [5, 5.41) is 1.20. The molecule has 1 N–H and O–H groups in total. The Bertz CT molecular complexity index is 655. The van der Waals surface area contributed by atoms with Crippen LogP contribution in [0.25, 0.3) is 10.9 Å². The number of fused-ring (bicyclic) bond motifs is 1. The second-order valence-corrected chi connectivity index (χ2v) is 4.32. The van der Waals surface area contributed by atoms with E-state index in [0.29, 0.717) is 6.61 Å². The van der Waals surface area contributed by atoms with Crippen LogP contribution in [0.4, 0.5) is 0 Å². The molecule has 0 radical (unpaired) electrons. The molecule has 0 atom stereocenters. The molecular weight excluding hydrogens is 238 g/mol. The van der Waals surface area contributed by atoms with Crippen molar-refractivity contribution in [1.82, 2.24) is 4.98 Å². The molecule has 0 aliphatic carbocycles. The molecule has 19 heavy (non-hydrogen) atoms. The number of rotatable bonds is 4. The Hall–Kier alpha value is -2.42. The van der Waals surface area contributed by atoms with Gasteiger partial charge in [0.1, 0.15) is 6.61 Å². The molecule has 0 saturated carbocycles. The fourth-order valence-electron chi connectivity index (χ4n) is 2.10. The molecule has 0 fully saturated rings. The van der Waals surface area contributed by atoms with Crippen LogP contribution in [0, 0.1) is 0 Å². The van der Waals surface area contributed by atoms with Gasteiger partial charge in [0.15, 0.2) is 11.5 Å². The summed E-state index contributed by atoms with van der Waals surface area (Å²) in [5.74, 6) is 1.50. The second-order valence-electron chi connectivity index (χ2n) is 4.32. The number of methoxy groups -OCH3 is 1. The first-order valence-electron chi connectivity index (χ1n) is 6.19. The van der Waals surface area contributed by atoms with Crippen LogP contribution in [0.15, 0.2) is 54.6 Å². The number of para-hydroxylation sites is 3. The lowest BCUT2D eigenvalue weighted by Crippen LogP contribution is -1.97. The summed E-state index contributed by atoms with van der Waals surface area (Å²) in [6.07, 6.45) is 0. The first kappa shape index (κ1) is 11.7. The Morgan fingerprint density at radius 1 is 0.947 bits per heavy atom. The van der Waals surface area contributed by atoms with Crippen molar-refractivity contribution in [1.29, 1.82) is 0 Å². The van der Waals surface area contributed by atoms with E-state index in [1.54, 1.807) is 7.11 Å². The maximum Gasteiger partial charge on any atom is 0.161 e. The molecule has 96 valence electrons. The van der Waals surface area contributed by atoms with Gasteiger partial charge in [-0.2, -0.15) is 0 Å². The van der Waals surface area contributed by atoms with Gasteiger partial charge in [-0.3, -0.25) is 0 Å². The first-order chi connectivity index (χ1) is 9.36. The minimum absolute atomic E-state index is 0.495. The average Bonchev–Trinajstić information content (AvgIpc) is 2.88. The predicted octanol–water partition coefficient (Wildman–Crippen LogP) is 3.76. The lowest BCUT2D eigenvalue weighted by Gasteiger charge is -2.09. The van der Waals surface area contributed by atoms with Crippen molar-refractivity contribution in [2.45, 2.75) is 6.61 Å². The summed E-state index contributed by atoms with van der Waals surface area (Å²) in [7, 11) is 1.64. The second kappa shape index (κ2) is 5.06. The molecule has 0 amide bonds. The van der Waals surface area contributed by atoms with Gasteiger partial charge in [0.25, 0.3) is 0 Å². The third kappa shape index (κ3) is 2.40. The summed E-state index contributed by atoms with van der Waals surface area (Å²) in [6, 6.07) is 17.9. The van der Waals surface area contributed by atoms with Gasteiger partial charge in [0, 0.05) is 5.52 Å². The minimum atomic E-state index is 0.495. The maximum absolute atomic E-state index is 5.79. The van der Waals surface area contributed by atoms with Crippen LogP contribution in [0.1, 0.15) is 5.69 Å². The highest BCUT2D eigenvalue weighted by molar-refractivity contribution is 5.80. The quantitative estimate of drug-likeness (QED) is 0.768. The van der Waals surface area contributed by atoms with Gasteiger partial charge in [-0.1, -0.05) is 30.3 Å². The fraction of sp³-hybridized carbons (Fsp3) is 0.125. The number of H-pyrrole nitrogens is 1. The highest BCUT2D eigenvalue weighted by Gasteiger charge is 2.04. The average molecular weight is 253 g/mol. The molecule has 0 spiro atoms. The molecule has 3 heteroatoms. The van der Waals surface area contributed by atoms with Crippen LogP contribution in [0.2, 0.25) is 0 Å². The number of aromatic amines is 1. The Balaban J connectivity index is 1.78. The van der Waals surface area contributed by atoms with Crippen molar-refractivity contribution >= 4 is 10.9 Å². The van der Waals surface area contributed by atoms with Gasteiger partial charge < -0.3 is 14.5 Å². The van der Waals surface area contributed by atoms with Crippen molar-refractivity contribution in [2.75, 3.05) is 7.11 Å². The largest absolute Gasteiger partial charge is 0.493 e. The zero-order valence-corrected chi connectivity index (χ0v) is 10.7. The molecule has 0 saturated heterocycles. The third-order valence-corrected chi connectivity index (χ3v) is 3.04. The summed E-state index contributed by atoms with van der Waals surface area (Å²) in [5.41, 5.74) is 2.17. The van der Waals surface area contributed by atoms with E-state index < -0.39 is 0 Å². The highest BCUT2D eigenvalue weighted by atomic mass is 16.5. The van der Waals surface area contributed by atoms with E-state index in [1.807, 2.05) is 36.4 Å². The number of ether oxygens (including phenoxy) is 2. The normalized spacial score (nSPS) is 10.6. The zero-order chi connectivity index (χ0) is 13.1. The monoisotopic (exact) mass is 253 g/mol. The molecule has 0 aliphatic heterocycles. The molecular formula is C16H15NO2. The lowest BCUT2D eigenvalue weighted by molar-refractivity contribution is 0.281. The number of hydrogen-bond donors (Lipinski definition) is 1. The molecule has 3 aromatic rings. The van der Waals surface area contributed by atoms with E-state index in [1.165, 1.54) is 5.39 Å². The Morgan fingerprint density at radius 3 is 2.47 bits per heavy atom. The van der Waals surface area contributed by atoms with Crippen LogP contribution in [0.5, 0.6) is 11.5 Å². The Kier molecular flexibility index (Phi) is 3.11. The van der Waals surface area contributed by atoms with E-state index in [2.05, 4.69) is 23.2 Å². The first-order valence-corrected chi connectivity index (χ1v) is 6.19. The minimum Gasteiger partial charge on any atom is -0.493 e. The summed E-state index contributed by atoms with van der Waals surface area (Å²) >= 11 is 0. The smallest absolute Gasteiger partial charge is 0.161 e. The van der Waals surface area contributed by atoms with E-state index in [0.717, 1.165) is 22.7 Å². The number of nitrogens with one attached hydrogen (secondary N) is 1. The molecule has 2 aromatic carbocycles. The van der Waals surface area contributed by atoms with Gasteiger partial charge in [0.2, 0.25) is 0 Å². The van der Waals surface area contributed by atoms with Crippen molar-refractivity contribution in [2.24, 2.45) is 0 Å². The van der Waals surface area contributed by atoms with Gasteiger partial charge in [-0.25, -0.2) is 0 Å². The molecule has 0 aliphatic rings. The Labute approximate surface area is 111 Å². The Morgan fingerprint density at radius 2 is 1.68 bits per heavy atom. The van der Waals surface area contributed by atoms with Crippen LogP contribution < -0.4 is 9.47 Å². The standard InChI is InChI=1S/C16H15NO2/c1-18-15-8-4-5-9-16(15)19-11-13-10-12-6-2-3-7-14(12)17-13/h2-10,17H,11H2,1H3. The van der Waals surface area contributed by atoms with Crippen LogP contribution in [0.3, 0.4) is 0 Å². The highest BCUT2D eigenvalue weighted by Crippen LogP contribution is 2.26. The van der Waals surface area contributed by atoms with Crippen LogP contribution in [-0.4, -0.2) is 12.1 Å². The molecule has 1 heterocycles. The molecule has 3 nitrogen and oxygen atoms in total. The molecule has 0 bridgehead atoms. The lowest BCUT2D eigenvalue weighted by atomic mass is 10.2.